The van der Waals surface area contributed by atoms with Crippen molar-refractivity contribution in [2.24, 2.45) is 0 Å². The van der Waals surface area contributed by atoms with Crippen molar-refractivity contribution in [1.29, 1.82) is 0 Å². The van der Waals surface area contributed by atoms with E-state index < -0.39 is 0 Å². The monoisotopic (exact) mass is 468 g/mol. The van der Waals surface area contributed by atoms with Crippen molar-refractivity contribution in [1.82, 2.24) is 18.9 Å². The summed E-state index contributed by atoms with van der Waals surface area (Å²) in [5, 5.41) is 1.38. The summed E-state index contributed by atoms with van der Waals surface area (Å²) >= 11 is 0. The Labute approximate surface area is 211 Å². The van der Waals surface area contributed by atoms with E-state index in [1.54, 1.807) is 0 Å². The van der Waals surface area contributed by atoms with Gasteiger partial charge in [-0.2, -0.15) is 0 Å². The molecule has 3 aromatic heterocycles. The normalized spacial score (nSPS) is 16.0. The second kappa shape index (κ2) is 8.21. The lowest BCUT2D eigenvalue weighted by Crippen LogP contribution is -2.31. The average Bonchev–Trinajstić information content (AvgIpc) is 3.48. The Bertz CT molecular complexity index is 1710. The minimum atomic E-state index is 0.365. The number of benzene rings is 3. The summed E-state index contributed by atoms with van der Waals surface area (Å²) < 4.78 is 4.66. The van der Waals surface area contributed by atoms with Gasteiger partial charge in [-0.25, -0.2) is 4.98 Å². The van der Waals surface area contributed by atoms with Gasteiger partial charge in [0.1, 0.15) is 5.65 Å². The van der Waals surface area contributed by atoms with Gasteiger partial charge < -0.3 is 4.57 Å². The number of imidazole rings is 1. The van der Waals surface area contributed by atoms with E-state index >= 15 is 0 Å². The molecule has 176 valence electrons. The second-order valence-corrected chi connectivity index (χ2v) is 9.77. The highest BCUT2D eigenvalue weighted by Gasteiger charge is 2.28. The predicted molar refractivity (Wildman–Crippen MR) is 148 cm³/mol. The Morgan fingerprint density at radius 3 is 2.36 bits per heavy atom. The third-order valence-electron chi connectivity index (χ3n) is 7.77. The number of pyridine rings is 1. The quantitative estimate of drug-likeness (QED) is 0.275. The number of nitrogens with zero attached hydrogens (tertiary/aromatic N) is 4. The Morgan fingerprint density at radius 1 is 0.778 bits per heavy atom. The van der Waals surface area contributed by atoms with Gasteiger partial charge in [0.2, 0.25) is 0 Å². The molecule has 0 N–H and O–H groups in total. The van der Waals surface area contributed by atoms with Gasteiger partial charge in [-0.1, -0.05) is 66.7 Å². The van der Waals surface area contributed by atoms with Crippen LogP contribution in [-0.4, -0.2) is 32.4 Å². The van der Waals surface area contributed by atoms with Crippen molar-refractivity contribution in [3.8, 4) is 28.2 Å². The highest BCUT2D eigenvalue weighted by Crippen LogP contribution is 2.39. The Hall–Kier alpha value is -4.15. The van der Waals surface area contributed by atoms with Crippen LogP contribution in [0.1, 0.15) is 24.2 Å². The molecule has 3 aromatic carbocycles. The van der Waals surface area contributed by atoms with Crippen LogP contribution >= 0.6 is 0 Å². The topological polar surface area (TPSA) is 25.5 Å². The van der Waals surface area contributed by atoms with Crippen molar-refractivity contribution in [3.05, 3.63) is 115 Å². The van der Waals surface area contributed by atoms with Gasteiger partial charge >= 0.3 is 0 Å². The van der Waals surface area contributed by atoms with Crippen LogP contribution < -0.4 is 0 Å². The highest BCUT2D eigenvalue weighted by molar-refractivity contribution is 5.88. The third kappa shape index (κ3) is 3.15. The van der Waals surface area contributed by atoms with Gasteiger partial charge in [0, 0.05) is 46.7 Å². The molecule has 1 aliphatic heterocycles. The van der Waals surface area contributed by atoms with Gasteiger partial charge in [-0.3, -0.25) is 9.30 Å². The minimum absolute atomic E-state index is 0.365. The summed E-state index contributed by atoms with van der Waals surface area (Å²) in [6.07, 6.45) is 3.18. The van der Waals surface area contributed by atoms with Crippen molar-refractivity contribution in [2.45, 2.75) is 19.4 Å². The molecule has 0 amide bonds. The van der Waals surface area contributed by atoms with Crippen LogP contribution in [0.4, 0.5) is 0 Å². The summed E-state index contributed by atoms with van der Waals surface area (Å²) in [5.74, 6) is 0. The summed E-state index contributed by atoms with van der Waals surface area (Å²) in [4.78, 5) is 7.50. The van der Waals surface area contributed by atoms with E-state index in [1.165, 1.54) is 27.8 Å². The second-order valence-electron chi connectivity index (χ2n) is 9.77. The summed E-state index contributed by atoms with van der Waals surface area (Å²) in [7, 11) is 2.23. The average molecular weight is 469 g/mol. The first-order valence-corrected chi connectivity index (χ1v) is 12.7. The van der Waals surface area contributed by atoms with Crippen LogP contribution in [0, 0.1) is 0 Å². The molecule has 0 aliphatic carbocycles. The maximum Gasteiger partial charge on any atom is 0.137 e. The van der Waals surface area contributed by atoms with E-state index in [4.69, 9.17) is 4.98 Å². The molecule has 4 nitrogen and oxygen atoms in total. The van der Waals surface area contributed by atoms with Crippen LogP contribution in [0.3, 0.4) is 0 Å². The number of rotatable bonds is 3. The zero-order valence-electron chi connectivity index (χ0n) is 20.6. The molecular formula is C32H28N4. The fourth-order valence-electron chi connectivity index (χ4n) is 5.83. The maximum absolute atomic E-state index is 5.04. The Balaban J connectivity index is 1.40. The molecular weight excluding hydrogens is 440 g/mol. The van der Waals surface area contributed by atoms with Gasteiger partial charge in [0.05, 0.1) is 16.9 Å². The van der Waals surface area contributed by atoms with Crippen LogP contribution in [0.15, 0.2) is 103 Å². The third-order valence-corrected chi connectivity index (χ3v) is 7.77. The number of fused-ring (bicyclic) bond motifs is 4. The molecule has 0 radical (unpaired) electrons. The van der Waals surface area contributed by atoms with Gasteiger partial charge in [0.15, 0.2) is 0 Å². The summed E-state index contributed by atoms with van der Waals surface area (Å²) in [6.45, 7) is 3.42. The van der Waals surface area contributed by atoms with E-state index in [0.717, 1.165) is 41.1 Å². The first-order chi connectivity index (χ1) is 17.7. The predicted octanol–water partition coefficient (Wildman–Crippen LogP) is 7.16. The van der Waals surface area contributed by atoms with Crippen LogP contribution in [-0.2, 0) is 6.42 Å². The fourth-order valence-corrected chi connectivity index (χ4v) is 5.83. The summed E-state index contributed by atoms with van der Waals surface area (Å²) in [5.41, 5.74) is 10.8. The van der Waals surface area contributed by atoms with E-state index in [2.05, 4.69) is 125 Å². The van der Waals surface area contributed by atoms with E-state index in [1.807, 2.05) is 6.07 Å². The molecule has 0 saturated heterocycles. The lowest BCUT2D eigenvalue weighted by atomic mass is 9.98. The molecule has 1 atom stereocenters. The number of aromatic nitrogens is 3. The fraction of sp³-hybridized carbons (Fsp3) is 0.156. The largest absolute Gasteiger partial charge is 0.312 e. The lowest BCUT2D eigenvalue weighted by Gasteiger charge is -2.31. The number of hydrogen-bond acceptors (Lipinski definition) is 2. The molecule has 1 unspecified atom stereocenters. The zero-order valence-corrected chi connectivity index (χ0v) is 20.6. The molecule has 4 heterocycles. The number of hydrogen-bond donors (Lipinski definition) is 0. The molecule has 0 bridgehead atoms. The lowest BCUT2D eigenvalue weighted by molar-refractivity contribution is 0.241. The molecule has 0 saturated carbocycles. The van der Waals surface area contributed by atoms with Crippen molar-refractivity contribution < 1.29 is 0 Å². The number of para-hydroxylation sites is 1. The molecule has 6 aromatic rings. The van der Waals surface area contributed by atoms with Crippen LogP contribution in [0.25, 0.3) is 44.8 Å². The molecule has 36 heavy (non-hydrogen) atoms. The minimum Gasteiger partial charge on any atom is -0.312 e. The van der Waals surface area contributed by atoms with E-state index in [9.17, 15) is 0 Å². The van der Waals surface area contributed by atoms with Crippen molar-refractivity contribution in [3.63, 3.8) is 0 Å². The highest BCUT2D eigenvalue weighted by atomic mass is 15.2. The Morgan fingerprint density at radius 2 is 1.53 bits per heavy atom. The van der Waals surface area contributed by atoms with Gasteiger partial charge in [-0.15, -0.1) is 0 Å². The molecule has 1 aliphatic rings. The molecule has 7 rings (SSSR count). The smallest absolute Gasteiger partial charge is 0.137 e. The molecule has 0 spiro atoms. The maximum atomic E-state index is 5.04. The van der Waals surface area contributed by atoms with Crippen LogP contribution in [0.5, 0.6) is 0 Å². The first-order valence-electron chi connectivity index (χ1n) is 12.7. The van der Waals surface area contributed by atoms with E-state index in [-0.39, 0.29) is 0 Å². The SMILES string of the molecule is CC1c2c(c3ccccc3n2-c2ccc(-c3nc4ccccn4c3-c3ccccc3)cc2)CCN1C. The van der Waals surface area contributed by atoms with Crippen LogP contribution in [0.2, 0.25) is 0 Å². The van der Waals surface area contributed by atoms with Crippen molar-refractivity contribution in [2.75, 3.05) is 13.6 Å². The van der Waals surface area contributed by atoms with E-state index in [0.29, 0.717) is 6.04 Å². The Kier molecular flexibility index (Phi) is 4.83. The van der Waals surface area contributed by atoms with Crippen molar-refractivity contribution >= 4 is 16.6 Å². The standard InChI is InChI=1S/C32H28N4/c1-22-31-27(19-21-34(22)2)26-12-6-7-13-28(26)36(31)25-17-15-23(16-18-25)30-32(24-10-4-3-5-11-24)35-20-9-8-14-29(35)33-30/h3-18,20,22H,19,21H2,1-2H3. The first kappa shape index (κ1) is 21.2. The van der Waals surface area contributed by atoms with Gasteiger partial charge in [0.25, 0.3) is 0 Å². The summed E-state index contributed by atoms with van der Waals surface area (Å²) in [6, 6.07) is 34.9. The number of likely N-dealkylation sites (N-methyl/N-ethyl adjacent to an activating group) is 1. The van der Waals surface area contributed by atoms with Gasteiger partial charge in [-0.05, 0) is 56.3 Å². The molecule has 4 heteroatoms. The zero-order chi connectivity index (χ0) is 24.2. The molecule has 0 fully saturated rings.